The molecule has 0 fully saturated rings. The standard InChI is InChI=1S/C9H11BrN2/c10-7-2-1-6-4-12-5-9(11)8(6)3-7/h1-3,9,12H,4-5,11H2. The number of rotatable bonds is 0. The lowest BCUT2D eigenvalue weighted by molar-refractivity contribution is 0.555. The molecule has 0 spiro atoms. The van der Waals surface area contributed by atoms with Gasteiger partial charge in [-0.3, -0.25) is 0 Å². The maximum Gasteiger partial charge on any atom is 0.0425 e. The van der Waals surface area contributed by atoms with Crippen LogP contribution in [0.5, 0.6) is 0 Å². The van der Waals surface area contributed by atoms with Gasteiger partial charge in [-0.1, -0.05) is 22.0 Å². The van der Waals surface area contributed by atoms with Crippen molar-refractivity contribution in [3.63, 3.8) is 0 Å². The van der Waals surface area contributed by atoms with Gasteiger partial charge in [-0.05, 0) is 23.3 Å². The molecule has 0 amide bonds. The van der Waals surface area contributed by atoms with Crippen molar-refractivity contribution in [1.82, 2.24) is 5.32 Å². The summed E-state index contributed by atoms with van der Waals surface area (Å²) in [7, 11) is 0. The Kier molecular flexibility index (Phi) is 2.17. The fraction of sp³-hybridized carbons (Fsp3) is 0.333. The average Bonchev–Trinajstić information content (AvgIpc) is 2.07. The van der Waals surface area contributed by atoms with Crippen LogP contribution in [0.2, 0.25) is 0 Å². The molecule has 0 radical (unpaired) electrons. The molecule has 2 nitrogen and oxygen atoms in total. The summed E-state index contributed by atoms with van der Waals surface area (Å²) >= 11 is 3.44. The molecule has 12 heavy (non-hydrogen) atoms. The molecule has 1 atom stereocenters. The van der Waals surface area contributed by atoms with Gasteiger partial charge >= 0.3 is 0 Å². The van der Waals surface area contributed by atoms with Crippen molar-refractivity contribution in [2.45, 2.75) is 12.6 Å². The van der Waals surface area contributed by atoms with Crippen molar-refractivity contribution < 1.29 is 0 Å². The lowest BCUT2D eigenvalue weighted by atomic mass is 9.98. The zero-order valence-corrected chi connectivity index (χ0v) is 8.26. The highest BCUT2D eigenvalue weighted by Crippen LogP contribution is 2.23. The Morgan fingerprint density at radius 1 is 1.50 bits per heavy atom. The first-order valence-electron chi connectivity index (χ1n) is 4.02. The molecule has 1 aliphatic rings. The van der Waals surface area contributed by atoms with Crippen LogP contribution in [0.1, 0.15) is 17.2 Å². The third-order valence-electron chi connectivity index (χ3n) is 2.19. The maximum atomic E-state index is 5.93. The topological polar surface area (TPSA) is 38.0 Å². The largest absolute Gasteiger partial charge is 0.323 e. The summed E-state index contributed by atoms with van der Waals surface area (Å²) in [4.78, 5) is 0. The average molecular weight is 227 g/mol. The van der Waals surface area contributed by atoms with Crippen LogP contribution >= 0.6 is 15.9 Å². The first kappa shape index (κ1) is 8.23. The van der Waals surface area contributed by atoms with Crippen LogP contribution < -0.4 is 11.1 Å². The summed E-state index contributed by atoms with van der Waals surface area (Å²) < 4.78 is 1.11. The lowest BCUT2D eigenvalue weighted by Crippen LogP contribution is -2.32. The van der Waals surface area contributed by atoms with E-state index in [0.29, 0.717) is 0 Å². The smallest absolute Gasteiger partial charge is 0.0425 e. The van der Waals surface area contributed by atoms with Crippen molar-refractivity contribution in [2.24, 2.45) is 5.73 Å². The summed E-state index contributed by atoms with van der Waals surface area (Å²) in [6, 6.07) is 6.43. The molecule has 0 bridgehead atoms. The Balaban J connectivity index is 2.47. The van der Waals surface area contributed by atoms with Gasteiger partial charge in [-0.2, -0.15) is 0 Å². The highest BCUT2D eigenvalue weighted by atomic mass is 79.9. The molecular weight excluding hydrogens is 216 g/mol. The summed E-state index contributed by atoms with van der Waals surface area (Å²) in [5, 5.41) is 3.27. The summed E-state index contributed by atoms with van der Waals surface area (Å²) in [6.45, 7) is 1.82. The molecule has 1 unspecified atom stereocenters. The van der Waals surface area contributed by atoms with Crippen molar-refractivity contribution in [3.05, 3.63) is 33.8 Å². The number of nitrogens with one attached hydrogen (secondary N) is 1. The van der Waals surface area contributed by atoms with E-state index in [1.165, 1.54) is 11.1 Å². The van der Waals surface area contributed by atoms with E-state index in [2.05, 4.69) is 39.4 Å². The van der Waals surface area contributed by atoms with Gasteiger partial charge in [-0.25, -0.2) is 0 Å². The Morgan fingerprint density at radius 3 is 3.17 bits per heavy atom. The maximum absolute atomic E-state index is 5.93. The van der Waals surface area contributed by atoms with Crippen LogP contribution in [0, 0.1) is 0 Å². The number of benzene rings is 1. The zero-order valence-electron chi connectivity index (χ0n) is 6.68. The predicted molar refractivity (Wildman–Crippen MR) is 52.8 cm³/mol. The molecule has 0 aliphatic carbocycles. The monoisotopic (exact) mass is 226 g/mol. The molecule has 1 aliphatic heterocycles. The lowest BCUT2D eigenvalue weighted by Gasteiger charge is -2.23. The number of fused-ring (bicyclic) bond motifs is 1. The molecule has 3 N–H and O–H groups in total. The van der Waals surface area contributed by atoms with Gasteiger partial charge in [-0.15, -0.1) is 0 Å². The van der Waals surface area contributed by atoms with Gasteiger partial charge in [0.1, 0.15) is 0 Å². The first-order valence-corrected chi connectivity index (χ1v) is 4.81. The third-order valence-corrected chi connectivity index (χ3v) is 2.68. The normalized spacial score (nSPS) is 22.0. The van der Waals surface area contributed by atoms with Crippen LogP contribution in [0.15, 0.2) is 22.7 Å². The van der Waals surface area contributed by atoms with Gasteiger partial charge < -0.3 is 11.1 Å². The van der Waals surface area contributed by atoms with Gasteiger partial charge in [0.25, 0.3) is 0 Å². The highest BCUT2D eigenvalue weighted by Gasteiger charge is 2.15. The molecule has 1 heterocycles. The van der Waals surface area contributed by atoms with E-state index < -0.39 is 0 Å². The van der Waals surface area contributed by atoms with Crippen molar-refractivity contribution in [2.75, 3.05) is 6.54 Å². The van der Waals surface area contributed by atoms with E-state index in [4.69, 9.17) is 5.73 Å². The highest BCUT2D eigenvalue weighted by molar-refractivity contribution is 9.10. The minimum absolute atomic E-state index is 0.145. The Bertz CT molecular complexity index is 299. The van der Waals surface area contributed by atoms with Crippen molar-refractivity contribution >= 4 is 15.9 Å². The van der Waals surface area contributed by atoms with Crippen molar-refractivity contribution in [3.8, 4) is 0 Å². The van der Waals surface area contributed by atoms with E-state index in [0.717, 1.165) is 17.6 Å². The van der Waals surface area contributed by atoms with Gasteiger partial charge in [0.2, 0.25) is 0 Å². The van der Waals surface area contributed by atoms with Gasteiger partial charge in [0, 0.05) is 23.6 Å². The van der Waals surface area contributed by atoms with E-state index in [9.17, 15) is 0 Å². The number of halogens is 1. The minimum Gasteiger partial charge on any atom is -0.323 e. The molecule has 64 valence electrons. The van der Waals surface area contributed by atoms with E-state index in [1.54, 1.807) is 0 Å². The molecular formula is C9H11BrN2. The molecule has 2 rings (SSSR count). The van der Waals surface area contributed by atoms with Crippen molar-refractivity contribution in [1.29, 1.82) is 0 Å². The molecule has 0 saturated carbocycles. The fourth-order valence-electron chi connectivity index (χ4n) is 1.54. The number of nitrogens with two attached hydrogens (primary N) is 1. The van der Waals surface area contributed by atoms with Crippen LogP contribution in [-0.2, 0) is 6.54 Å². The van der Waals surface area contributed by atoms with Crippen LogP contribution in [-0.4, -0.2) is 6.54 Å². The van der Waals surface area contributed by atoms with E-state index in [-0.39, 0.29) is 6.04 Å². The van der Waals surface area contributed by atoms with Crippen LogP contribution in [0.4, 0.5) is 0 Å². The molecule has 0 aromatic heterocycles. The SMILES string of the molecule is NC1CNCc2ccc(Br)cc21. The molecule has 0 saturated heterocycles. The van der Waals surface area contributed by atoms with Gasteiger partial charge in [0.15, 0.2) is 0 Å². The number of hydrogen-bond acceptors (Lipinski definition) is 2. The Hall–Kier alpha value is -0.380. The molecule has 1 aromatic carbocycles. The predicted octanol–water partition coefficient (Wildman–Crippen LogP) is 1.55. The zero-order chi connectivity index (χ0) is 8.55. The second-order valence-electron chi connectivity index (χ2n) is 3.08. The van der Waals surface area contributed by atoms with Crippen LogP contribution in [0.3, 0.4) is 0 Å². The number of hydrogen-bond donors (Lipinski definition) is 2. The van der Waals surface area contributed by atoms with Crippen LogP contribution in [0.25, 0.3) is 0 Å². The minimum atomic E-state index is 0.145. The molecule has 1 aromatic rings. The van der Waals surface area contributed by atoms with E-state index in [1.807, 2.05) is 0 Å². The van der Waals surface area contributed by atoms with E-state index >= 15 is 0 Å². The summed E-state index contributed by atoms with van der Waals surface area (Å²) in [5.41, 5.74) is 8.52. The Labute approximate surface area is 80.3 Å². The summed E-state index contributed by atoms with van der Waals surface area (Å²) in [6.07, 6.45) is 0. The third kappa shape index (κ3) is 1.40. The Morgan fingerprint density at radius 2 is 2.33 bits per heavy atom. The summed E-state index contributed by atoms with van der Waals surface area (Å²) in [5.74, 6) is 0. The second kappa shape index (κ2) is 3.17. The first-order chi connectivity index (χ1) is 5.77. The van der Waals surface area contributed by atoms with Gasteiger partial charge in [0.05, 0.1) is 0 Å². The molecule has 3 heteroatoms. The fourth-order valence-corrected chi connectivity index (χ4v) is 1.92. The second-order valence-corrected chi connectivity index (χ2v) is 4.00. The quantitative estimate of drug-likeness (QED) is 0.705.